The molecule has 0 aliphatic carbocycles. The van der Waals surface area contributed by atoms with Crippen LogP contribution in [-0.4, -0.2) is 46.9 Å². The normalized spacial score (nSPS) is 12.1. The van der Waals surface area contributed by atoms with Crippen LogP contribution >= 0.6 is 0 Å². The molecule has 10 nitrogen and oxygen atoms in total. The highest BCUT2D eigenvalue weighted by Crippen LogP contribution is 2.40. The van der Waals surface area contributed by atoms with Crippen molar-refractivity contribution in [3.05, 3.63) is 89.7 Å². The molecule has 3 aromatic carbocycles. The Bertz CT molecular complexity index is 2190. The zero-order valence-corrected chi connectivity index (χ0v) is 24.3. The SMILES string of the molecule is CCS(=O)(=O)Nc1cc2oc(-c3ccc(F)cc3)c(C(=O)NC)c2cc1-c1ccc2nnc(-c3ccc(C(F)(F)F)cc3)n2n1. The van der Waals surface area contributed by atoms with E-state index in [4.69, 9.17) is 4.42 Å². The van der Waals surface area contributed by atoms with Gasteiger partial charge in [-0.1, -0.05) is 12.1 Å². The molecule has 15 heteroatoms. The molecule has 0 saturated carbocycles. The van der Waals surface area contributed by atoms with Crippen molar-refractivity contribution >= 4 is 38.2 Å². The van der Waals surface area contributed by atoms with Crippen molar-refractivity contribution < 1.29 is 35.2 Å². The quantitative estimate of drug-likeness (QED) is 0.201. The predicted octanol–water partition coefficient (Wildman–Crippen LogP) is 6.15. The zero-order valence-electron chi connectivity index (χ0n) is 23.5. The van der Waals surface area contributed by atoms with Gasteiger partial charge in [0.05, 0.1) is 28.3 Å². The number of nitrogens with zero attached hydrogens (tertiary/aromatic N) is 4. The second-order valence-corrected chi connectivity index (χ2v) is 11.9. The number of rotatable bonds is 7. The van der Waals surface area contributed by atoms with E-state index in [0.29, 0.717) is 16.5 Å². The first-order valence-corrected chi connectivity index (χ1v) is 15.0. The number of carbonyl (C=O) groups is 1. The molecule has 0 radical (unpaired) electrons. The minimum Gasteiger partial charge on any atom is -0.455 e. The van der Waals surface area contributed by atoms with Crippen LogP contribution < -0.4 is 10.0 Å². The summed E-state index contributed by atoms with van der Waals surface area (Å²) in [6, 6.07) is 15.8. The Labute approximate surface area is 252 Å². The van der Waals surface area contributed by atoms with Crippen LogP contribution in [0.2, 0.25) is 0 Å². The van der Waals surface area contributed by atoms with Crippen LogP contribution in [0.1, 0.15) is 22.8 Å². The molecule has 6 rings (SSSR count). The van der Waals surface area contributed by atoms with E-state index in [9.17, 15) is 30.8 Å². The molecule has 0 atom stereocenters. The molecule has 1 amide bonds. The van der Waals surface area contributed by atoms with Crippen LogP contribution in [0.25, 0.3) is 50.6 Å². The molecule has 230 valence electrons. The number of fused-ring (bicyclic) bond motifs is 2. The highest BCUT2D eigenvalue weighted by Gasteiger charge is 2.30. The third-order valence-corrected chi connectivity index (χ3v) is 8.33. The Hall–Kier alpha value is -5.31. The molecule has 3 aromatic heterocycles. The van der Waals surface area contributed by atoms with Gasteiger partial charge in [0.15, 0.2) is 11.5 Å². The van der Waals surface area contributed by atoms with Gasteiger partial charge in [0.2, 0.25) is 10.0 Å². The number of alkyl halides is 3. The van der Waals surface area contributed by atoms with Crippen molar-refractivity contribution in [2.24, 2.45) is 0 Å². The zero-order chi connectivity index (χ0) is 32.1. The van der Waals surface area contributed by atoms with Gasteiger partial charge in [-0.05, 0) is 61.5 Å². The van der Waals surface area contributed by atoms with E-state index in [2.05, 4.69) is 25.3 Å². The molecule has 0 aliphatic heterocycles. The predicted molar refractivity (Wildman–Crippen MR) is 158 cm³/mol. The molecule has 0 bridgehead atoms. The van der Waals surface area contributed by atoms with E-state index in [-0.39, 0.29) is 51.1 Å². The smallest absolute Gasteiger partial charge is 0.416 e. The Morgan fingerprint density at radius 1 is 0.956 bits per heavy atom. The first-order valence-electron chi connectivity index (χ1n) is 13.4. The summed E-state index contributed by atoms with van der Waals surface area (Å²) in [5.74, 6) is -0.959. The summed E-state index contributed by atoms with van der Waals surface area (Å²) in [6.07, 6.45) is -4.52. The maximum atomic E-state index is 13.7. The molecule has 0 unspecified atom stereocenters. The van der Waals surface area contributed by atoms with Gasteiger partial charge in [-0.2, -0.15) is 22.8 Å². The molecule has 2 N–H and O–H groups in total. The summed E-state index contributed by atoms with van der Waals surface area (Å²) in [4.78, 5) is 13.1. The van der Waals surface area contributed by atoms with Gasteiger partial charge in [0.1, 0.15) is 17.2 Å². The molecule has 0 aliphatic rings. The molecule has 0 saturated heterocycles. The van der Waals surface area contributed by atoms with E-state index in [1.807, 2.05) is 0 Å². The number of halogens is 4. The van der Waals surface area contributed by atoms with E-state index in [1.54, 1.807) is 18.2 Å². The highest BCUT2D eigenvalue weighted by molar-refractivity contribution is 7.92. The number of carbonyl (C=O) groups excluding carboxylic acids is 1. The van der Waals surface area contributed by atoms with Gasteiger partial charge in [-0.3, -0.25) is 9.52 Å². The van der Waals surface area contributed by atoms with Crippen LogP contribution in [0.15, 0.2) is 77.2 Å². The minimum atomic E-state index is -4.52. The number of sulfonamides is 1. The number of furan rings is 1. The van der Waals surface area contributed by atoms with Crippen LogP contribution in [-0.2, 0) is 16.2 Å². The highest BCUT2D eigenvalue weighted by atomic mass is 32.2. The molecule has 0 fully saturated rings. The Morgan fingerprint density at radius 3 is 2.29 bits per heavy atom. The number of anilines is 1. The van der Waals surface area contributed by atoms with Gasteiger partial charge in [-0.25, -0.2) is 12.8 Å². The average molecular weight is 639 g/mol. The largest absolute Gasteiger partial charge is 0.455 e. The van der Waals surface area contributed by atoms with Crippen molar-refractivity contribution in [2.45, 2.75) is 13.1 Å². The summed E-state index contributed by atoms with van der Waals surface area (Å²) in [5, 5.41) is 15.6. The van der Waals surface area contributed by atoms with Crippen molar-refractivity contribution in [1.82, 2.24) is 25.1 Å². The van der Waals surface area contributed by atoms with E-state index < -0.39 is 33.5 Å². The fraction of sp³-hybridized carbons (Fsp3) is 0.133. The topological polar surface area (TPSA) is 131 Å². The number of hydrogen-bond donors (Lipinski definition) is 2. The van der Waals surface area contributed by atoms with Crippen LogP contribution in [0, 0.1) is 5.82 Å². The average Bonchev–Trinajstić information content (AvgIpc) is 3.61. The summed E-state index contributed by atoms with van der Waals surface area (Å²) < 4.78 is 88.4. The van der Waals surface area contributed by atoms with Gasteiger partial charge in [-0.15, -0.1) is 10.2 Å². The van der Waals surface area contributed by atoms with E-state index >= 15 is 0 Å². The first-order chi connectivity index (χ1) is 21.4. The molecule has 45 heavy (non-hydrogen) atoms. The van der Waals surface area contributed by atoms with Crippen LogP contribution in [0.4, 0.5) is 23.2 Å². The number of nitrogens with one attached hydrogen (secondary N) is 2. The number of aromatic nitrogens is 4. The third-order valence-electron chi connectivity index (χ3n) is 7.04. The summed E-state index contributed by atoms with van der Waals surface area (Å²) in [7, 11) is -2.38. The maximum absolute atomic E-state index is 13.7. The standard InChI is InChI=1S/C30H22F4N6O4S/c1-3-45(42,43)39-23-15-24-21(26(29(41)35-2)27(44-24)16-6-10-19(31)11-7-16)14-20(23)22-12-13-25-36-37-28(40(25)38-22)17-4-8-18(9-5-17)30(32,33)34/h4-15,39H,3H2,1-2H3,(H,35,41). The fourth-order valence-corrected chi connectivity index (χ4v) is 5.40. The molecular formula is C30H22F4N6O4S. The summed E-state index contributed by atoms with van der Waals surface area (Å²) >= 11 is 0. The van der Waals surface area contributed by atoms with Gasteiger partial charge < -0.3 is 9.73 Å². The van der Waals surface area contributed by atoms with E-state index in [1.165, 1.54) is 61.0 Å². The Balaban J connectivity index is 1.57. The maximum Gasteiger partial charge on any atom is 0.416 e. The second kappa shape index (κ2) is 11.0. The lowest BCUT2D eigenvalue weighted by molar-refractivity contribution is -0.137. The van der Waals surface area contributed by atoms with Crippen molar-refractivity contribution in [2.75, 3.05) is 17.5 Å². The molecule has 6 aromatic rings. The summed E-state index contributed by atoms with van der Waals surface area (Å²) in [6.45, 7) is 1.46. The first kappa shape index (κ1) is 29.7. The fourth-order valence-electron chi connectivity index (χ4n) is 4.75. The number of benzene rings is 3. The second-order valence-electron chi connectivity index (χ2n) is 9.88. The molecular weight excluding hydrogens is 616 g/mol. The lowest BCUT2D eigenvalue weighted by Crippen LogP contribution is -2.18. The van der Waals surface area contributed by atoms with Gasteiger partial charge in [0.25, 0.3) is 5.91 Å². The Morgan fingerprint density at radius 2 is 1.64 bits per heavy atom. The van der Waals surface area contributed by atoms with Gasteiger partial charge >= 0.3 is 6.18 Å². The molecule has 0 spiro atoms. The van der Waals surface area contributed by atoms with Crippen molar-refractivity contribution in [1.29, 1.82) is 0 Å². The summed E-state index contributed by atoms with van der Waals surface area (Å²) in [5.41, 5.74) is 1.02. The monoisotopic (exact) mass is 638 g/mol. The minimum absolute atomic E-state index is 0.0863. The Kier molecular flexibility index (Phi) is 7.27. The van der Waals surface area contributed by atoms with Crippen LogP contribution in [0.5, 0.6) is 0 Å². The van der Waals surface area contributed by atoms with Crippen molar-refractivity contribution in [3.63, 3.8) is 0 Å². The van der Waals surface area contributed by atoms with Crippen LogP contribution in [0.3, 0.4) is 0 Å². The van der Waals surface area contributed by atoms with Gasteiger partial charge in [0, 0.05) is 35.2 Å². The van der Waals surface area contributed by atoms with E-state index in [0.717, 1.165) is 12.1 Å². The number of amides is 1. The lowest BCUT2D eigenvalue weighted by Gasteiger charge is -2.12. The number of hydrogen-bond acceptors (Lipinski definition) is 7. The lowest BCUT2D eigenvalue weighted by atomic mass is 10.0. The van der Waals surface area contributed by atoms with Crippen molar-refractivity contribution in [3.8, 4) is 34.0 Å². The third kappa shape index (κ3) is 5.57. The molecule has 3 heterocycles.